The summed E-state index contributed by atoms with van der Waals surface area (Å²) in [5, 5.41) is 2.66. The van der Waals surface area contributed by atoms with Crippen molar-refractivity contribution in [3.63, 3.8) is 0 Å². The van der Waals surface area contributed by atoms with Gasteiger partial charge in [-0.1, -0.05) is 46.3 Å². The summed E-state index contributed by atoms with van der Waals surface area (Å²) in [4.78, 5) is 2.66. The maximum Gasteiger partial charge on any atom is 0.104 e. The Hall–Kier alpha value is -1.58. The van der Waals surface area contributed by atoms with Crippen molar-refractivity contribution in [2.45, 2.75) is 0 Å². The highest BCUT2D eigenvalue weighted by molar-refractivity contribution is 9.10. The largest absolute Gasteiger partial charge is 0.335 e. The van der Waals surface area contributed by atoms with E-state index < -0.39 is 0 Å². The average molecular weight is 342 g/mol. The van der Waals surface area contributed by atoms with E-state index in [1.54, 1.807) is 0 Å². The highest BCUT2D eigenvalue weighted by Gasteiger charge is 2.13. The lowest BCUT2D eigenvalue weighted by atomic mass is 10.1. The van der Waals surface area contributed by atoms with E-state index in [0.29, 0.717) is 0 Å². The van der Waals surface area contributed by atoms with Gasteiger partial charge < -0.3 is 4.57 Å². The molecule has 1 nitrogen and oxygen atoms in total. The number of aromatic nitrogens is 1. The summed E-state index contributed by atoms with van der Waals surface area (Å²) in [7, 11) is 2.14. The number of thiophene rings is 1. The quantitative estimate of drug-likeness (QED) is 0.411. The van der Waals surface area contributed by atoms with E-state index in [1.165, 1.54) is 31.6 Å². The van der Waals surface area contributed by atoms with E-state index in [4.69, 9.17) is 0 Å². The number of hydrogen-bond donors (Lipinski definition) is 0. The normalized spacial score (nSPS) is 11.5. The molecule has 0 fully saturated rings. The minimum Gasteiger partial charge on any atom is -0.335 e. The monoisotopic (exact) mass is 341 g/mol. The number of hydrogen-bond acceptors (Lipinski definition) is 1. The van der Waals surface area contributed by atoms with Gasteiger partial charge in [-0.15, -0.1) is 11.3 Å². The van der Waals surface area contributed by atoms with Gasteiger partial charge in [0.25, 0.3) is 0 Å². The molecule has 0 aliphatic rings. The predicted molar refractivity (Wildman–Crippen MR) is 91.4 cm³/mol. The van der Waals surface area contributed by atoms with Crippen LogP contribution in [0.25, 0.3) is 31.6 Å². The Balaban J connectivity index is 2.05. The summed E-state index contributed by atoms with van der Waals surface area (Å²) in [6, 6.07) is 19.4. The third kappa shape index (κ3) is 1.74. The minimum atomic E-state index is 1.13. The van der Waals surface area contributed by atoms with Gasteiger partial charge in [0.05, 0.1) is 0 Å². The van der Waals surface area contributed by atoms with Crippen LogP contribution in [0.2, 0.25) is 0 Å². The number of benzene rings is 2. The van der Waals surface area contributed by atoms with Crippen LogP contribution in [0, 0.1) is 0 Å². The zero-order valence-electron chi connectivity index (χ0n) is 10.9. The van der Waals surface area contributed by atoms with Crippen molar-refractivity contribution in [2.75, 3.05) is 0 Å². The fraction of sp³-hybridized carbons (Fsp3) is 0.0588. The fourth-order valence-corrected chi connectivity index (χ4v) is 4.21. The summed E-state index contributed by atoms with van der Waals surface area (Å²) < 4.78 is 3.42. The Labute approximate surface area is 129 Å². The van der Waals surface area contributed by atoms with Crippen LogP contribution >= 0.6 is 27.3 Å². The van der Waals surface area contributed by atoms with Crippen LogP contribution in [0.3, 0.4) is 0 Å². The van der Waals surface area contributed by atoms with Crippen LogP contribution < -0.4 is 0 Å². The molecule has 98 valence electrons. The van der Waals surface area contributed by atoms with E-state index in [-0.39, 0.29) is 0 Å². The van der Waals surface area contributed by atoms with Gasteiger partial charge in [0.2, 0.25) is 0 Å². The maximum atomic E-state index is 3.57. The zero-order valence-corrected chi connectivity index (χ0v) is 13.3. The second kappa shape index (κ2) is 4.47. The molecule has 0 bridgehead atoms. The highest BCUT2D eigenvalue weighted by atomic mass is 79.9. The molecule has 0 saturated carbocycles. The lowest BCUT2D eigenvalue weighted by Crippen LogP contribution is -1.83. The molecule has 0 amide bonds. The molecular weight excluding hydrogens is 330 g/mol. The molecule has 0 N–H and O–H groups in total. The van der Waals surface area contributed by atoms with Crippen molar-refractivity contribution >= 4 is 48.4 Å². The SMILES string of the molecule is Cn1c2ccc(Br)cc2c2cc(-c3ccccc3)sc21. The highest BCUT2D eigenvalue weighted by Crippen LogP contribution is 2.39. The lowest BCUT2D eigenvalue weighted by Gasteiger charge is -1.99. The van der Waals surface area contributed by atoms with E-state index in [9.17, 15) is 0 Å². The summed E-state index contributed by atoms with van der Waals surface area (Å²) in [5.41, 5.74) is 2.57. The number of fused-ring (bicyclic) bond motifs is 3. The first kappa shape index (κ1) is 12.2. The summed E-state index contributed by atoms with van der Waals surface area (Å²) in [6.07, 6.45) is 0. The van der Waals surface area contributed by atoms with Crippen LogP contribution in [-0.4, -0.2) is 4.57 Å². The third-order valence-electron chi connectivity index (χ3n) is 3.69. The lowest BCUT2D eigenvalue weighted by molar-refractivity contribution is 1.02. The molecule has 0 saturated heterocycles. The van der Waals surface area contributed by atoms with Gasteiger partial charge in [-0.3, -0.25) is 0 Å². The van der Waals surface area contributed by atoms with Gasteiger partial charge in [0.15, 0.2) is 0 Å². The Morgan fingerprint density at radius 2 is 1.75 bits per heavy atom. The Kier molecular flexibility index (Phi) is 2.72. The molecule has 4 aromatic rings. The van der Waals surface area contributed by atoms with E-state index >= 15 is 0 Å². The van der Waals surface area contributed by atoms with Crippen molar-refractivity contribution in [3.05, 3.63) is 59.1 Å². The van der Waals surface area contributed by atoms with Crippen molar-refractivity contribution in [1.29, 1.82) is 0 Å². The summed E-state index contributed by atoms with van der Waals surface area (Å²) in [6.45, 7) is 0. The molecule has 20 heavy (non-hydrogen) atoms. The summed E-state index contributed by atoms with van der Waals surface area (Å²) >= 11 is 5.43. The zero-order chi connectivity index (χ0) is 13.7. The molecular formula is C17H12BrNS. The molecule has 0 spiro atoms. The number of aryl methyl sites for hydroxylation is 1. The Bertz CT molecular complexity index is 918. The Morgan fingerprint density at radius 1 is 0.950 bits per heavy atom. The second-order valence-electron chi connectivity index (χ2n) is 4.92. The van der Waals surface area contributed by atoms with Crippen molar-refractivity contribution in [3.8, 4) is 10.4 Å². The number of halogens is 1. The fourth-order valence-electron chi connectivity index (χ4n) is 2.69. The Morgan fingerprint density at radius 3 is 2.55 bits per heavy atom. The van der Waals surface area contributed by atoms with Gasteiger partial charge in [0.1, 0.15) is 4.83 Å². The van der Waals surface area contributed by atoms with Gasteiger partial charge in [0, 0.05) is 32.7 Å². The predicted octanol–water partition coefficient (Wildman–Crippen LogP) is 5.82. The number of nitrogens with zero attached hydrogens (tertiary/aromatic N) is 1. The van der Waals surface area contributed by atoms with Crippen molar-refractivity contribution in [1.82, 2.24) is 4.57 Å². The van der Waals surface area contributed by atoms with Gasteiger partial charge in [-0.2, -0.15) is 0 Å². The summed E-state index contributed by atoms with van der Waals surface area (Å²) in [5.74, 6) is 0. The maximum absolute atomic E-state index is 3.57. The molecule has 0 radical (unpaired) electrons. The topological polar surface area (TPSA) is 4.93 Å². The molecule has 2 aromatic carbocycles. The molecule has 0 aliphatic heterocycles. The molecule has 2 aromatic heterocycles. The van der Waals surface area contributed by atoms with E-state index in [2.05, 4.69) is 82.1 Å². The molecule has 2 heterocycles. The van der Waals surface area contributed by atoms with Crippen LogP contribution in [-0.2, 0) is 7.05 Å². The first-order valence-corrected chi connectivity index (χ1v) is 8.08. The molecule has 4 rings (SSSR count). The standard InChI is InChI=1S/C17H12BrNS/c1-19-15-8-7-12(18)9-13(15)14-10-16(20-17(14)19)11-5-3-2-4-6-11/h2-10H,1H3. The molecule has 0 aliphatic carbocycles. The van der Waals surface area contributed by atoms with Crippen LogP contribution in [0.4, 0.5) is 0 Å². The average Bonchev–Trinajstić information content (AvgIpc) is 3.01. The molecule has 0 atom stereocenters. The van der Waals surface area contributed by atoms with Gasteiger partial charge in [-0.25, -0.2) is 0 Å². The van der Waals surface area contributed by atoms with Gasteiger partial charge >= 0.3 is 0 Å². The van der Waals surface area contributed by atoms with E-state index in [0.717, 1.165) is 4.47 Å². The van der Waals surface area contributed by atoms with Crippen LogP contribution in [0.1, 0.15) is 0 Å². The number of rotatable bonds is 1. The van der Waals surface area contributed by atoms with Crippen LogP contribution in [0.5, 0.6) is 0 Å². The van der Waals surface area contributed by atoms with Crippen LogP contribution in [0.15, 0.2) is 59.1 Å². The van der Waals surface area contributed by atoms with Crippen molar-refractivity contribution < 1.29 is 0 Å². The molecule has 0 unspecified atom stereocenters. The van der Waals surface area contributed by atoms with Crippen molar-refractivity contribution in [2.24, 2.45) is 7.05 Å². The van der Waals surface area contributed by atoms with Gasteiger partial charge in [-0.05, 0) is 29.8 Å². The minimum absolute atomic E-state index is 1.13. The second-order valence-corrected chi connectivity index (χ2v) is 6.86. The molecule has 3 heteroatoms. The first-order chi connectivity index (χ1) is 9.74. The smallest absolute Gasteiger partial charge is 0.104 e. The van der Waals surface area contributed by atoms with E-state index in [1.807, 2.05) is 11.3 Å². The third-order valence-corrected chi connectivity index (χ3v) is 5.44. The first-order valence-electron chi connectivity index (χ1n) is 6.47.